The molecule has 0 amide bonds. The standard InChI is InChI=1S/C12H13BrClN3/c1-9-4-5-10(13)7-12(9)17-8-11(15-16-17)3-2-6-14/h4-5,7-8H,2-3,6H2,1H3. The van der Waals surface area contributed by atoms with E-state index in [1.165, 1.54) is 5.56 Å². The zero-order valence-corrected chi connectivity index (χ0v) is 11.9. The maximum absolute atomic E-state index is 5.66. The van der Waals surface area contributed by atoms with Gasteiger partial charge in [-0.05, 0) is 37.5 Å². The van der Waals surface area contributed by atoms with Gasteiger partial charge in [0, 0.05) is 10.4 Å². The molecule has 0 aliphatic heterocycles. The third-order valence-electron chi connectivity index (χ3n) is 2.53. The zero-order valence-electron chi connectivity index (χ0n) is 9.53. The van der Waals surface area contributed by atoms with Crippen LogP contribution in [0.5, 0.6) is 0 Å². The number of aryl methyl sites for hydroxylation is 2. The van der Waals surface area contributed by atoms with Crippen molar-refractivity contribution in [2.45, 2.75) is 19.8 Å². The number of hydrogen-bond acceptors (Lipinski definition) is 2. The van der Waals surface area contributed by atoms with Crippen molar-refractivity contribution in [3.63, 3.8) is 0 Å². The van der Waals surface area contributed by atoms with E-state index in [1.807, 2.05) is 23.0 Å². The second-order valence-corrected chi connectivity index (χ2v) is 5.17. The molecule has 0 atom stereocenters. The van der Waals surface area contributed by atoms with Crippen molar-refractivity contribution < 1.29 is 0 Å². The van der Waals surface area contributed by atoms with Gasteiger partial charge in [0.15, 0.2) is 0 Å². The summed E-state index contributed by atoms with van der Waals surface area (Å²) in [4.78, 5) is 0. The first-order chi connectivity index (χ1) is 8.20. The minimum absolute atomic E-state index is 0.656. The lowest BCUT2D eigenvalue weighted by Gasteiger charge is -2.04. The van der Waals surface area contributed by atoms with Gasteiger partial charge >= 0.3 is 0 Å². The van der Waals surface area contributed by atoms with Crippen LogP contribution in [0.25, 0.3) is 5.69 Å². The molecular formula is C12H13BrClN3. The van der Waals surface area contributed by atoms with Crippen molar-refractivity contribution in [2.24, 2.45) is 0 Å². The molecule has 3 nitrogen and oxygen atoms in total. The van der Waals surface area contributed by atoms with Gasteiger partial charge in [-0.25, -0.2) is 4.68 Å². The number of benzene rings is 1. The lowest BCUT2D eigenvalue weighted by Crippen LogP contribution is -1.97. The molecule has 90 valence electrons. The largest absolute Gasteiger partial charge is 0.220 e. The van der Waals surface area contributed by atoms with E-state index in [2.05, 4.69) is 39.2 Å². The van der Waals surface area contributed by atoms with E-state index in [-0.39, 0.29) is 0 Å². The highest BCUT2D eigenvalue weighted by Crippen LogP contribution is 2.19. The first-order valence-electron chi connectivity index (χ1n) is 5.44. The van der Waals surface area contributed by atoms with Crippen molar-refractivity contribution in [3.05, 3.63) is 40.1 Å². The highest BCUT2D eigenvalue weighted by atomic mass is 79.9. The smallest absolute Gasteiger partial charge is 0.0832 e. The summed E-state index contributed by atoms with van der Waals surface area (Å²) in [6.07, 6.45) is 3.76. The van der Waals surface area contributed by atoms with Gasteiger partial charge in [-0.3, -0.25) is 0 Å². The quantitative estimate of drug-likeness (QED) is 0.809. The summed E-state index contributed by atoms with van der Waals surface area (Å²) in [5, 5.41) is 8.28. The summed E-state index contributed by atoms with van der Waals surface area (Å²) < 4.78 is 2.85. The van der Waals surface area contributed by atoms with Crippen LogP contribution < -0.4 is 0 Å². The van der Waals surface area contributed by atoms with Gasteiger partial charge in [0.2, 0.25) is 0 Å². The number of nitrogens with zero attached hydrogens (tertiary/aromatic N) is 3. The third-order valence-corrected chi connectivity index (χ3v) is 3.29. The Hall–Kier alpha value is -0.870. The van der Waals surface area contributed by atoms with E-state index in [0.29, 0.717) is 5.88 Å². The van der Waals surface area contributed by atoms with Crippen LogP contribution in [0.4, 0.5) is 0 Å². The van der Waals surface area contributed by atoms with Crippen LogP contribution >= 0.6 is 27.5 Å². The molecule has 0 bridgehead atoms. The van der Waals surface area contributed by atoms with Crippen molar-refractivity contribution in [1.29, 1.82) is 0 Å². The monoisotopic (exact) mass is 313 g/mol. The highest BCUT2D eigenvalue weighted by Gasteiger charge is 2.05. The van der Waals surface area contributed by atoms with Gasteiger partial charge in [0.05, 0.1) is 17.6 Å². The minimum Gasteiger partial charge on any atom is -0.220 e. The van der Waals surface area contributed by atoms with Crippen LogP contribution in [0.1, 0.15) is 17.7 Å². The normalized spacial score (nSPS) is 10.8. The van der Waals surface area contributed by atoms with Crippen molar-refractivity contribution in [3.8, 4) is 5.69 Å². The molecule has 5 heteroatoms. The van der Waals surface area contributed by atoms with Crippen LogP contribution in [0.15, 0.2) is 28.9 Å². The molecule has 0 aliphatic rings. The van der Waals surface area contributed by atoms with E-state index >= 15 is 0 Å². The molecule has 1 aromatic heterocycles. The zero-order chi connectivity index (χ0) is 12.3. The molecule has 1 aromatic carbocycles. The van der Waals surface area contributed by atoms with E-state index in [1.54, 1.807) is 0 Å². The molecule has 2 rings (SSSR count). The first-order valence-corrected chi connectivity index (χ1v) is 6.77. The fourth-order valence-electron chi connectivity index (χ4n) is 1.61. The summed E-state index contributed by atoms with van der Waals surface area (Å²) in [6, 6.07) is 6.11. The fourth-order valence-corrected chi connectivity index (χ4v) is 2.09. The van der Waals surface area contributed by atoms with Crippen molar-refractivity contribution >= 4 is 27.5 Å². The Morgan fingerprint density at radius 3 is 3.00 bits per heavy atom. The van der Waals surface area contributed by atoms with E-state index in [0.717, 1.165) is 28.7 Å². The van der Waals surface area contributed by atoms with Crippen LogP contribution in [-0.2, 0) is 6.42 Å². The van der Waals surface area contributed by atoms with Gasteiger partial charge < -0.3 is 0 Å². The van der Waals surface area contributed by atoms with Crippen LogP contribution in [0, 0.1) is 6.92 Å². The highest BCUT2D eigenvalue weighted by molar-refractivity contribution is 9.10. The number of halogens is 2. The predicted octanol–water partition coefficient (Wildman–Crippen LogP) is 3.51. The predicted molar refractivity (Wildman–Crippen MR) is 72.8 cm³/mol. The molecule has 1 heterocycles. The van der Waals surface area contributed by atoms with E-state index in [9.17, 15) is 0 Å². The van der Waals surface area contributed by atoms with Crippen LogP contribution in [-0.4, -0.2) is 20.9 Å². The number of hydrogen-bond donors (Lipinski definition) is 0. The van der Waals surface area contributed by atoms with Gasteiger partial charge in [-0.15, -0.1) is 16.7 Å². The average Bonchev–Trinajstić information content (AvgIpc) is 2.78. The van der Waals surface area contributed by atoms with Gasteiger partial charge in [0.1, 0.15) is 0 Å². The minimum atomic E-state index is 0.656. The molecular weight excluding hydrogens is 302 g/mol. The Bertz CT molecular complexity index is 510. The van der Waals surface area contributed by atoms with Gasteiger partial charge in [0.25, 0.3) is 0 Å². The topological polar surface area (TPSA) is 30.7 Å². The Morgan fingerprint density at radius 2 is 2.24 bits per heavy atom. The summed E-state index contributed by atoms with van der Waals surface area (Å²) >= 11 is 9.12. The van der Waals surface area contributed by atoms with E-state index in [4.69, 9.17) is 11.6 Å². The van der Waals surface area contributed by atoms with Crippen LogP contribution in [0.3, 0.4) is 0 Å². The SMILES string of the molecule is Cc1ccc(Br)cc1-n1cc(CCCCl)nn1. The van der Waals surface area contributed by atoms with Crippen molar-refractivity contribution in [2.75, 3.05) is 5.88 Å². The second-order valence-electron chi connectivity index (χ2n) is 3.88. The Kier molecular flexibility index (Phi) is 4.18. The number of aromatic nitrogens is 3. The van der Waals surface area contributed by atoms with Crippen molar-refractivity contribution in [1.82, 2.24) is 15.0 Å². The lowest BCUT2D eigenvalue weighted by atomic mass is 10.2. The van der Waals surface area contributed by atoms with Crippen LogP contribution in [0.2, 0.25) is 0 Å². The lowest BCUT2D eigenvalue weighted by molar-refractivity contribution is 0.788. The molecule has 0 radical (unpaired) electrons. The number of rotatable bonds is 4. The molecule has 0 saturated carbocycles. The second kappa shape index (κ2) is 5.65. The Morgan fingerprint density at radius 1 is 1.41 bits per heavy atom. The summed E-state index contributed by atoms with van der Waals surface area (Å²) in [7, 11) is 0. The molecule has 0 saturated heterocycles. The molecule has 0 unspecified atom stereocenters. The molecule has 0 spiro atoms. The summed E-state index contributed by atoms with van der Waals surface area (Å²) in [5.41, 5.74) is 3.19. The summed E-state index contributed by atoms with van der Waals surface area (Å²) in [6.45, 7) is 2.06. The number of alkyl halides is 1. The maximum atomic E-state index is 5.66. The maximum Gasteiger partial charge on any atom is 0.0832 e. The molecule has 0 N–H and O–H groups in total. The molecule has 0 fully saturated rings. The van der Waals surface area contributed by atoms with Gasteiger partial charge in [-0.1, -0.05) is 27.2 Å². The molecule has 0 aliphatic carbocycles. The Balaban J connectivity index is 2.27. The van der Waals surface area contributed by atoms with E-state index < -0.39 is 0 Å². The fraction of sp³-hybridized carbons (Fsp3) is 0.333. The third kappa shape index (κ3) is 3.07. The molecule has 17 heavy (non-hydrogen) atoms. The average molecular weight is 315 g/mol. The Labute approximate surface area is 114 Å². The first kappa shape index (κ1) is 12.6. The van der Waals surface area contributed by atoms with Gasteiger partial charge in [-0.2, -0.15) is 0 Å². The summed E-state index contributed by atoms with van der Waals surface area (Å²) in [5.74, 6) is 0.656. The molecule has 2 aromatic rings.